The van der Waals surface area contributed by atoms with E-state index in [0.717, 1.165) is 40.2 Å². The lowest BCUT2D eigenvalue weighted by molar-refractivity contribution is -0.140. The molecular formula is C27H30F4INO3. The monoisotopic (exact) mass is 619 g/mol. The SMILES string of the molecule is CC(C)c1nc2c(c3c1[C@@H](c1ccc(C(F)(F)F)c(F)c1)OC31CCOCC1I)C(O)CC(C)(C)C2. The standard InChI is InChI=1S/C27H30F4INO3/c1-13(2)23-21-22(20-17(33-23)10-25(3,4)11-18(20)34)26(7-8-35-12-19(26)32)36-24(21)14-5-6-15(16(28)9-14)27(29,30)31/h5-6,9,13,18-19,24,34H,7-8,10-12H2,1-4H3/t18?,19?,24-,26?/m1/s1. The molecule has 1 saturated heterocycles. The Kier molecular flexibility index (Phi) is 6.49. The van der Waals surface area contributed by atoms with Crippen molar-refractivity contribution in [2.75, 3.05) is 13.2 Å². The van der Waals surface area contributed by atoms with Crippen molar-refractivity contribution in [2.24, 2.45) is 5.41 Å². The molecule has 1 aromatic carbocycles. The van der Waals surface area contributed by atoms with Crippen LogP contribution in [0.15, 0.2) is 18.2 Å². The molecule has 2 aromatic rings. The van der Waals surface area contributed by atoms with Crippen molar-refractivity contribution in [3.8, 4) is 0 Å². The highest BCUT2D eigenvalue weighted by atomic mass is 127. The lowest BCUT2D eigenvalue weighted by Crippen LogP contribution is -2.45. The normalized spacial score (nSPS) is 29.5. The fourth-order valence-corrected chi connectivity index (χ4v) is 7.12. The number of nitrogens with zero attached hydrogens (tertiary/aromatic N) is 1. The van der Waals surface area contributed by atoms with Gasteiger partial charge in [-0.25, -0.2) is 4.39 Å². The molecule has 0 amide bonds. The molecule has 4 atom stereocenters. The third-order valence-corrected chi connectivity index (χ3v) is 9.02. The minimum Gasteiger partial charge on any atom is -0.388 e. The highest BCUT2D eigenvalue weighted by Gasteiger charge is 2.56. The van der Waals surface area contributed by atoms with Crippen molar-refractivity contribution >= 4 is 22.6 Å². The molecular weight excluding hydrogens is 589 g/mol. The van der Waals surface area contributed by atoms with Crippen LogP contribution in [0.2, 0.25) is 0 Å². The smallest absolute Gasteiger partial charge is 0.388 e. The summed E-state index contributed by atoms with van der Waals surface area (Å²) < 4.78 is 67.0. The Hall–Kier alpha value is -1.30. The van der Waals surface area contributed by atoms with Gasteiger partial charge in [-0.15, -0.1) is 0 Å². The fraction of sp³-hybridized carbons (Fsp3) is 0.593. The van der Waals surface area contributed by atoms with Crippen LogP contribution < -0.4 is 0 Å². The summed E-state index contributed by atoms with van der Waals surface area (Å²) in [7, 11) is 0. The molecule has 3 unspecified atom stereocenters. The molecule has 0 saturated carbocycles. The molecule has 5 rings (SSSR count). The second-order valence-corrected chi connectivity index (χ2v) is 12.8. The molecule has 1 aromatic heterocycles. The van der Waals surface area contributed by atoms with Crippen LogP contribution >= 0.6 is 22.6 Å². The first kappa shape index (κ1) is 26.3. The van der Waals surface area contributed by atoms with Gasteiger partial charge in [0.15, 0.2) is 0 Å². The van der Waals surface area contributed by atoms with Crippen molar-refractivity contribution in [3.63, 3.8) is 0 Å². The molecule has 9 heteroatoms. The zero-order valence-electron chi connectivity index (χ0n) is 20.7. The molecule has 0 bridgehead atoms. The van der Waals surface area contributed by atoms with Crippen LogP contribution in [0.5, 0.6) is 0 Å². The number of benzene rings is 1. The van der Waals surface area contributed by atoms with Gasteiger partial charge in [0.1, 0.15) is 17.5 Å². The van der Waals surface area contributed by atoms with Gasteiger partial charge < -0.3 is 14.6 Å². The van der Waals surface area contributed by atoms with Gasteiger partial charge in [0.05, 0.1) is 22.2 Å². The second-order valence-electron chi connectivity index (χ2n) is 11.3. The summed E-state index contributed by atoms with van der Waals surface area (Å²) >= 11 is 2.30. The topological polar surface area (TPSA) is 51.6 Å². The molecule has 1 spiro atoms. The summed E-state index contributed by atoms with van der Waals surface area (Å²) in [6.07, 6.45) is -4.55. The van der Waals surface area contributed by atoms with Gasteiger partial charge >= 0.3 is 6.18 Å². The van der Waals surface area contributed by atoms with Gasteiger partial charge in [0.25, 0.3) is 0 Å². The number of alkyl halides is 4. The first-order valence-electron chi connectivity index (χ1n) is 12.3. The predicted octanol–water partition coefficient (Wildman–Crippen LogP) is 6.91. The van der Waals surface area contributed by atoms with E-state index >= 15 is 0 Å². The highest BCUT2D eigenvalue weighted by Crippen LogP contribution is 2.59. The van der Waals surface area contributed by atoms with Crippen LogP contribution in [0.25, 0.3) is 0 Å². The van der Waals surface area contributed by atoms with E-state index in [9.17, 15) is 22.7 Å². The number of halogens is 5. The van der Waals surface area contributed by atoms with Crippen molar-refractivity contribution in [3.05, 3.63) is 63.2 Å². The maximum Gasteiger partial charge on any atom is 0.419 e. The van der Waals surface area contributed by atoms with Crippen molar-refractivity contribution in [1.29, 1.82) is 0 Å². The summed E-state index contributed by atoms with van der Waals surface area (Å²) in [5, 5.41) is 11.4. The van der Waals surface area contributed by atoms with Crippen molar-refractivity contribution in [2.45, 2.75) is 80.8 Å². The molecule has 1 aliphatic carbocycles. The second kappa shape index (κ2) is 8.88. The summed E-state index contributed by atoms with van der Waals surface area (Å²) in [6.45, 7) is 9.13. The summed E-state index contributed by atoms with van der Waals surface area (Å²) in [6, 6.07) is 3.01. The van der Waals surface area contributed by atoms with E-state index in [1.807, 2.05) is 13.8 Å². The third kappa shape index (κ3) is 4.18. The van der Waals surface area contributed by atoms with Gasteiger partial charge in [-0.2, -0.15) is 13.2 Å². The van der Waals surface area contributed by atoms with E-state index in [4.69, 9.17) is 14.5 Å². The maximum atomic E-state index is 14.7. The number of hydrogen-bond acceptors (Lipinski definition) is 4. The van der Waals surface area contributed by atoms with Gasteiger partial charge in [0.2, 0.25) is 0 Å². The van der Waals surface area contributed by atoms with E-state index in [1.54, 1.807) is 0 Å². The van der Waals surface area contributed by atoms with Crippen molar-refractivity contribution in [1.82, 2.24) is 4.98 Å². The lowest BCUT2D eigenvalue weighted by atomic mass is 9.70. The Labute approximate surface area is 221 Å². The Morgan fingerprint density at radius 1 is 1.19 bits per heavy atom. The van der Waals surface area contributed by atoms with Crippen LogP contribution in [0.1, 0.15) is 97.9 Å². The Morgan fingerprint density at radius 2 is 1.92 bits per heavy atom. The third-order valence-electron chi connectivity index (χ3n) is 7.66. The molecule has 1 N–H and O–H groups in total. The summed E-state index contributed by atoms with van der Waals surface area (Å²) in [5.41, 5.74) is 2.08. The Bertz CT molecular complexity index is 1200. The van der Waals surface area contributed by atoms with Gasteiger partial charge in [-0.05, 0) is 41.9 Å². The minimum absolute atomic E-state index is 0.0146. The van der Waals surface area contributed by atoms with Crippen LogP contribution in [0, 0.1) is 11.2 Å². The van der Waals surface area contributed by atoms with E-state index in [2.05, 4.69) is 36.4 Å². The average molecular weight is 619 g/mol. The molecule has 36 heavy (non-hydrogen) atoms. The van der Waals surface area contributed by atoms with Crippen LogP contribution in [0.3, 0.4) is 0 Å². The van der Waals surface area contributed by atoms with Gasteiger partial charge in [-0.1, -0.05) is 56.4 Å². The minimum atomic E-state index is -4.78. The van der Waals surface area contributed by atoms with Gasteiger partial charge in [0, 0.05) is 41.1 Å². The number of aliphatic hydroxyl groups is 1. The Balaban J connectivity index is 1.79. The molecule has 196 valence electrons. The van der Waals surface area contributed by atoms with Crippen molar-refractivity contribution < 1.29 is 32.1 Å². The largest absolute Gasteiger partial charge is 0.419 e. The number of aromatic nitrogens is 1. The van der Waals surface area contributed by atoms with E-state index in [0.29, 0.717) is 38.0 Å². The zero-order valence-corrected chi connectivity index (χ0v) is 22.8. The quantitative estimate of drug-likeness (QED) is 0.226. The first-order valence-corrected chi connectivity index (χ1v) is 13.5. The van der Waals surface area contributed by atoms with E-state index in [-0.39, 0.29) is 15.3 Å². The van der Waals surface area contributed by atoms with Crippen LogP contribution in [0.4, 0.5) is 17.6 Å². The summed E-state index contributed by atoms with van der Waals surface area (Å²) in [5.74, 6) is -1.35. The predicted molar refractivity (Wildman–Crippen MR) is 135 cm³/mol. The van der Waals surface area contributed by atoms with E-state index < -0.39 is 35.4 Å². The van der Waals surface area contributed by atoms with Crippen LogP contribution in [-0.2, 0) is 27.7 Å². The molecule has 3 aliphatic rings. The first-order chi connectivity index (χ1) is 16.7. The molecule has 2 aliphatic heterocycles. The van der Waals surface area contributed by atoms with E-state index in [1.165, 1.54) is 6.07 Å². The Morgan fingerprint density at radius 3 is 2.53 bits per heavy atom. The number of rotatable bonds is 2. The fourth-order valence-electron chi connectivity index (χ4n) is 6.09. The number of fused-ring (bicyclic) bond motifs is 4. The van der Waals surface area contributed by atoms with Crippen LogP contribution in [-0.4, -0.2) is 27.2 Å². The number of aliphatic hydroxyl groups excluding tert-OH is 1. The average Bonchev–Trinajstić information content (AvgIpc) is 3.09. The zero-order chi connectivity index (χ0) is 26.2. The highest BCUT2D eigenvalue weighted by molar-refractivity contribution is 14.1. The molecule has 1 fully saturated rings. The summed E-state index contributed by atoms with van der Waals surface area (Å²) in [4.78, 5) is 5.04. The molecule has 0 radical (unpaired) electrons. The molecule has 4 nitrogen and oxygen atoms in total. The number of hydrogen-bond donors (Lipinski definition) is 1. The number of pyridine rings is 1. The van der Waals surface area contributed by atoms with Gasteiger partial charge in [-0.3, -0.25) is 4.98 Å². The molecule has 3 heterocycles. The maximum absolute atomic E-state index is 14.7. The number of ether oxygens (including phenoxy) is 2. The lowest BCUT2D eigenvalue weighted by Gasteiger charge is -2.42.